The lowest BCUT2D eigenvalue weighted by Crippen LogP contribution is -2.01. The molecule has 1 aromatic heterocycles. The normalized spacial score (nSPS) is 11.0. The Morgan fingerprint density at radius 2 is 0.913 bits per heavy atom. The minimum absolute atomic E-state index is 0.621. The standard InChI is InChI=1S/C42H26N4/c43-27-28-17-19-29(20-18-28)33-21-22-35-26-36(24-23-34(35)25-33)41-44-40(32-11-5-2-6-12-32)45-42(46-41)38-16-8-14-31-13-7-15-37(39(31)38)30-9-3-1-4-10-30/h1-26H. The van der Waals surface area contributed by atoms with Crippen LogP contribution in [0.15, 0.2) is 158 Å². The van der Waals surface area contributed by atoms with Gasteiger partial charge >= 0.3 is 0 Å². The van der Waals surface area contributed by atoms with Crippen molar-refractivity contribution in [1.29, 1.82) is 5.26 Å². The minimum Gasteiger partial charge on any atom is -0.208 e. The molecule has 0 saturated heterocycles. The lowest BCUT2D eigenvalue weighted by atomic mass is 9.94. The van der Waals surface area contributed by atoms with E-state index in [1.807, 2.05) is 60.7 Å². The molecule has 4 nitrogen and oxygen atoms in total. The van der Waals surface area contributed by atoms with Crippen LogP contribution in [0.25, 0.3) is 78.0 Å². The van der Waals surface area contributed by atoms with Crippen LogP contribution in [0.3, 0.4) is 0 Å². The van der Waals surface area contributed by atoms with Crippen LogP contribution in [0.2, 0.25) is 0 Å². The van der Waals surface area contributed by atoms with Crippen LogP contribution in [0.4, 0.5) is 0 Å². The highest BCUT2D eigenvalue weighted by molar-refractivity contribution is 6.05. The molecule has 0 radical (unpaired) electrons. The van der Waals surface area contributed by atoms with E-state index in [2.05, 4.69) is 103 Å². The van der Waals surface area contributed by atoms with Gasteiger partial charge in [-0.25, -0.2) is 15.0 Å². The van der Waals surface area contributed by atoms with Gasteiger partial charge in [-0.1, -0.05) is 133 Å². The predicted octanol–water partition coefficient (Wildman–Crippen LogP) is 10.4. The van der Waals surface area contributed by atoms with E-state index in [4.69, 9.17) is 20.2 Å². The summed E-state index contributed by atoms with van der Waals surface area (Å²) in [7, 11) is 0. The van der Waals surface area contributed by atoms with Gasteiger partial charge in [0.15, 0.2) is 17.5 Å². The maximum atomic E-state index is 9.17. The highest BCUT2D eigenvalue weighted by atomic mass is 15.0. The van der Waals surface area contributed by atoms with E-state index >= 15 is 0 Å². The van der Waals surface area contributed by atoms with Gasteiger partial charge in [-0.05, 0) is 62.7 Å². The molecule has 214 valence electrons. The Morgan fingerprint density at radius 1 is 0.370 bits per heavy atom. The third-order valence-corrected chi connectivity index (χ3v) is 8.34. The lowest BCUT2D eigenvalue weighted by molar-refractivity contribution is 1.08. The fourth-order valence-electron chi connectivity index (χ4n) is 6.03. The number of rotatable bonds is 5. The largest absolute Gasteiger partial charge is 0.208 e. The molecule has 0 aliphatic heterocycles. The van der Waals surface area contributed by atoms with Crippen molar-refractivity contribution in [2.24, 2.45) is 0 Å². The second-order valence-electron chi connectivity index (χ2n) is 11.2. The van der Waals surface area contributed by atoms with Gasteiger partial charge in [-0.15, -0.1) is 0 Å². The number of nitrogens with zero attached hydrogens (tertiary/aromatic N) is 4. The average Bonchev–Trinajstić information content (AvgIpc) is 3.14. The summed E-state index contributed by atoms with van der Waals surface area (Å²) >= 11 is 0. The summed E-state index contributed by atoms with van der Waals surface area (Å²) in [6.45, 7) is 0. The monoisotopic (exact) mass is 586 g/mol. The number of benzene rings is 7. The zero-order chi connectivity index (χ0) is 30.9. The topological polar surface area (TPSA) is 62.5 Å². The summed E-state index contributed by atoms with van der Waals surface area (Å²) in [5.74, 6) is 1.89. The van der Waals surface area contributed by atoms with Crippen LogP contribution in [0.5, 0.6) is 0 Å². The Bertz CT molecular complexity index is 2400. The Balaban J connectivity index is 1.29. The molecule has 0 amide bonds. The third kappa shape index (κ3) is 5.06. The van der Waals surface area contributed by atoms with Crippen molar-refractivity contribution >= 4 is 21.5 Å². The molecular weight excluding hydrogens is 560 g/mol. The van der Waals surface area contributed by atoms with E-state index in [0.717, 1.165) is 60.5 Å². The molecular formula is C42H26N4. The van der Waals surface area contributed by atoms with E-state index in [-0.39, 0.29) is 0 Å². The van der Waals surface area contributed by atoms with Crippen LogP contribution in [-0.2, 0) is 0 Å². The van der Waals surface area contributed by atoms with Gasteiger partial charge in [-0.3, -0.25) is 0 Å². The molecule has 0 fully saturated rings. The van der Waals surface area contributed by atoms with Crippen LogP contribution in [-0.4, -0.2) is 15.0 Å². The molecule has 0 aliphatic rings. The molecule has 0 spiro atoms. The SMILES string of the molecule is N#Cc1ccc(-c2ccc3cc(-c4nc(-c5ccccc5)nc(-c5cccc6cccc(-c7ccccc7)c56)n4)ccc3c2)cc1. The molecule has 7 aromatic carbocycles. The zero-order valence-electron chi connectivity index (χ0n) is 24.8. The number of aromatic nitrogens is 3. The van der Waals surface area contributed by atoms with E-state index in [1.165, 1.54) is 0 Å². The Morgan fingerprint density at radius 3 is 1.59 bits per heavy atom. The Hall–Kier alpha value is -6.44. The molecule has 0 unspecified atom stereocenters. The fourth-order valence-corrected chi connectivity index (χ4v) is 6.03. The van der Waals surface area contributed by atoms with Crippen molar-refractivity contribution in [3.05, 3.63) is 163 Å². The van der Waals surface area contributed by atoms with Crippen molar-refractivity contribution in [3.8, 4) is 62.5 Å². The molecule has 0 aliphatic carbocycles. The van der Waals surface area contributed by atoms with E-state index in [9.17, 15) is 0 Å². The van der Waals surface area contributed by atoms with Crippen LogP contribution in [0, 0.1) is 11.3 Å². The Kier molecular flexibility index (Phi) is 6.83. The summed E-state index contributed by atoms with van der Waals surface area (Å²) in [6, 6.07) is 55.9. The lowest BCUT2D eigenvalue weighted by Gasteiger charge is -2.13. The smallest absolute Gasteiger partial charge is 0.164 e. The predicted molar refractivity (Wildman–Crippen MR) is 187 cm³/mol. The molecule has 0 saturated carbocycles. The quantitative estimate of drug-likeness (QED) is 0.201. The third-order valence-electron chi connectivity index (χ3n) is 8.34. The number of fused-ring (bicyclic) bond motifs is 2. The zero-order valence-corrected chi connectivity index (χ0v) is 24.8. The first-order valence-electron chi connectivity index (χ1n) is 15.2. The molecule has 4 heteroatoms. The van der Waals surface area contributed by atoms with Crippen LogP contribution in [0.1, 0.15) is 5.56 Å². The number of hydrogen-bond donors (Lipinski definition) is 0. The van der Waals surface area contributed by atoms with E-state index in [1.54, 1.807) is 0 Å². The van der Waals surface area contributed by atoms with Gasteiger partial charge in [0.1, 0.15) is 0 Å². The summed E-state index contributed by atoms with van der Waals surface area (Å²) in [6.07, 6.45) is 0. The maximum absolute atomic E-state index is 9.17. The molecule has 0 bridgehead atoms. The van der Waals surface area contributed by atoms with Crippen LogP contribution >= 0.6 is 0 Å². The van der Waals surface area contributed by atoms with Gasteiger partial charge in [-0.2, -0.15) is 5.26 Å². The number of nitriles is 1. The highest BCUT2D eigenvalue weighted by Crippen LogP contribution is 2.37. The van der Waals surface area contributed by atoms with Gasteiger partial charge in [0.25, 0.3) is 0 Å². The highest BCUT2D eigenvalue weighted by Gasteiger charge is 2.17. The summed E-state index contributed by atoms with van der Waals surface area (Å²) in [5, 5.41) is 13.6. The van der Waals surface area contributed by atoms with Crippen molar-refractivity contribution < 1.29 is 0 Å². The molecule has 8 aromatic rings. The fraction of sp³-hybridized carbons (Fsp3) is 0. The summed E-state index contributed by atoms with van der Waals surface area (Å²) in [5.41, 5.74) is 7.93. The van der Waals surface area contributed by atoms with Gasteiger partial charge in [0.05, 0.1) is 11.6 Å². The Labute approximate surface area is 266 Å². The van der Waals surface area contributed by atoms with Crippen molar-refractivity contribution in [2.75, 3.05) is 0 Å². The van der Waals surface area contributed by atoms with E-state index in [0.29, 0.717) is 23.0 Å². The molecule has 46 heavy (non-hydrogen) atoms. The number of hydrogen-bond acceptors (Lipinski definition) is 4. The van der Waals surface area contributed by atoms with Crippen molar-refractivity contribution in [2.45, 2.75) is 0 Å². The summed E-state index contributed by atoms with van der Waals surface area (Å²) < 4.78 is 0. The minimum atomic E-state index is 0.621. The van der Waals surface area contributed by atoms with Crippen molar-refractivity contribution in [3.63, 3.8) is 0 Å². The summed E-state index contributed by atoms with van der Waals surface area (Å²) in [4.78, 5) is 15.2. The van der Waals surface area contributed by atoms with Crippen LogP contribution < -0.4 is 0 Å². The first-order valence-corrected chi connectivity index (χ1v) is 15.2. The first-order chi connectivity index (χ1) is 22.7. The van der Waals surface area contributed by atoms with Gasteiger partial charge in [0, 0.05) is 22.1 Å². The van der Waals surface area contributed by atoms with Gasteiger partial charge < -0.3 is 0 Å². The average molecular weight is 587 g/mol. The molecule has 8 rings (SSSR count). The second-order valence-corrected chi connectivity index (χ2v) is 11.2. The van der Waals surface area contributed by atoms with Crippen molar-refractivity contribution in [1.82, 2.24) is 15.0 Å². The maximum Gasteiger partial charge on any atom is 0.164 e. The second kappa shape index (κ2) is 11.6. The van der Waals surface area contributed by atoms with Gasteiger partial charge in [0.2, 0.25) is 0 Å². The molecule has 0 atom stereocenters. The molecule has 1 heterocycles. The first kappa shape index (κ1) is 27.1. The molecule has 0 N–H and O–H groups in total. The van der Waals surface area contributed by atoms with E-state index < -0.39 is 0 Å².